The molecule has 0 aromatic heterocycles. The molecule has 4 heteroatoms. The van der Waals surface area contributed by atoms with Gasteiger partial charge in [0.15, 0.2) is 0 Å². The average Bonchev–Trinajstić information content (AvgIpc) is 2.69. The number of aliphatic hydroxyl groups excluding tert-OH is 1. The molecule has 3 atom stereocenters. The molecule has 2 aliphatic heterocycles. The van der Waals surface area contributed by atoms with Gasteiger partial charge in [0.05, 0.1) is 12.2 Å². The van der Waals surface area contributed by atoms with Crippen molar-refractivity contribution in [3.63, 3.8) is 0 Å². The van der Waals surface area contributed by atoms with Crippen molar-refractivity contribution < 1.29 is 9.50 Å². The predicted octanol–water partition coefficient (Wildman–Crippen LogP) is 3.08. The minimum absolute atomic E-state index is 0.194. The van der Waals surface area contributed by atoms with Crippen LogP contribution in [0.5, 0.6) is 0 Å². The van der Waals surface area contributed by atoms with Crippen molar-refractivity contribution >= 4 is 0 Å². The van der Waals surface area contributed by atoms with Gasteiger partial charge in [-0.3, -0.25) is 4.90 Å². The number of hydrogen-bond donors (Lipinski definition) is 1. The third kappa shape index (κ3) is 3.84. The lowest BCUT2D eigenvalue weighted by Crippen LogP contribution is -2.67. The van der Waals surface area contributed by atoms with Crippen LogP contribution in [0.2, 0.25) is 0 Å². The van der Waals surface area contributed by atoms with Crippen molar-refractivity contribution in [1.29, 1.82) is 0 Å². The summed E-state index contributed by atoms with van der Waals surface area (Å²) in [6.45, 7) is 3.45. The van der Waals surface area contributed by atoms with E-state index in [1.807, 2.05) is 12.1 Å². The minimum atomic E-state index is -0.291. The summed E-state index contributed by atoms with van der Waals surface area (Å²) in [6, 6.07) is 15.5. The van der Waals surface area contributed by atoms with E-state index in [0.717, 1.165) is 25.2 Å². The number of halogens is 1. The van der Waals surface area contributed by atoms with E-state index < -0.39 is 0 Å². The molecule has 0 saturated carbocycles. The third-order valence-corrected chi connectivity index (χ3v) is 6.08. The summed E-state index contributed by atoms with van der Waals surface area (Å²) < 4.78 is 13.7. The van der Waals surface area contributed by atoms with Gasteiger partial charge in [-0.15, -0.1) is 0 Å². The first kappa shape index (κ1) is 19.1. The second kappa shape index (κ2) is 8.45. The quantitative estimate of drug-likeness (QED) is 0.814. The molecule has 0 unspecified atom stereocenters. The normalized spacial score (nSPS) is 25.6. The van der Waals surface area contributed by atoms with Crippen LogP contribution in [-0.4, -0.2) is 60.3 Å². The smallest absolute Gasteiger partial charge is 0.138 e. The topological polar surface area (TPSA) is 26.7 Å². The van der Waals surface area contributed by atoms with Gasteiger partial charge in [-0.05, 0) is 62.8 Å². The maximum absolute atomic E-state index is 13.7. The zero-order valence-corrected chi connectivity index (χ0v) is 16.3. The molecule has 28 heavy (non-hydrogen) atoms. The monoisotopic (exact) mass is 378 g/mol. The maximum atomic E-state index is 13.7. The van der Waals surface area contributed by atoms with E-state index in [1.54, 1.807) is 18.2 Å². The Hall–Kier alpha value is -2.19. The van der Waals surface area contributed by atoms with Crippen molar-refractivity contribution in [1.82, 2.24) is 9.80 Å². The molecule has 2 saturated heterocycles. The van der Waals surface area contributed by atoms with Gasteiger partial charge >= 0.3 is 0 Å². The standard InChI is InChI=1S/C24H27FN2O/c1-26-14-4-5-15-27-22(16-26)24(23(27)17-28)20-12-9-18(10-13-20)8-11-19-6-2-3-7-21(19)25/h2-3,6-7,9-10,12-13,22-24,28H,4-5,14-17H2,1H3/t22-,23+,24+/m1/s1. The van der Waals surface area contributed by atoms with Crippen LogP contribution >= 0.6 is 0 Å². The van der Waals surface area contributed by atoms with E-state index in [2.05, 4.69) is 40.8 Å². The highest BCUT2D eigenvalue weighted by molar-refractivity contribution is 5.44. The zero-order valence-electron chi connectivity index (χ0n) is 16.3. The Balaban J connectivity index is 1.52. The number of fused-ring (bicyclic) bond motifs is 1. The van der Waals surface area contributed by atoms with Gasteiger partial charge < -0.3 is 10.0 Å². The number of hydrogen-bond acceptors (Lipinski definition) is 3. The second-order valence-electron chi connectivity index (χ2n) is 7.90. The molecule has 0 amide bonds. The molecule has 0 aliphatic carbocycles. The van der Waals surface area contributed by atoms with Crippen LogP contribution in [0.4, 0.5) is 4.39 Å². The Morgan fingerprint density at radius 2 is 1.79 bits per heavy atom. The van der Waals surface area contributed by atoms with Crippen molar-refractivity contribution in [2.24, 2.45) is 0 Å². The molecular weight excluding hydrogens is 351 g/mol. The molecule has 0 bridgehead atoms. The molecule has 1 N–H and O–H groups in total. The highest BCUT2D eigenvalue weighted by Gasteiger charge is 2.48. The van der Waals surface area contributed by atoms with Crippen LogP contribution in [0.3, 0.4) is 0 Å². The number of likely N-dealkylation sites (N-methyl/N-ethyl adjacent to an activating group) is 1. The molecule has 2 aromatic rings. The van der Waals surface area contributed by atoms with E-state index in [-0.39, 0.29) is 18.5 Å². The molecule has 2 fully saturated rings. The minimum Gasteiger partial charge on any atom is -0.395 e. The van der Waals surface area contributed by atoms with Gasteiger partial charge in [0.1, 0.15) is 5.82 Å². The van der Waals surface area contributed by atoms with Gasteiger partial charge in [-0.2, -0.15) is 0 Å². The maximum Gasteiger partial charge on any atom is 0.138 e. The summed E-state index contributed by atoms with van der Waals surface area (Å²) in [7, 11) is 2.19. The molecular formula is C24H27FN2O. The Bertz CT molecular complexity index is 870. The van der Waals surface area contributed by atoms with Gasteiger partial charge in [-0.1, -0.05) is 36.1 Å². The Kier molecular flexibility index (Phi) is 5.77. The summed E-state index contributed by atoms with van der Waals surface area (Å²) in [6.07, 6.45) is 2.41. The molecule has 3 nitrogen and oxygen atoms in total. The second-order valence-corrected chi connectivity index (χ2v) is 7.90. The first-order valence-corrected chi connectivity index (χ1v) is 10.1. The van der Waals surface area contributed by atoms with Crippen LogP contribution < -0.4 is 0 Å². The van der Waals surface area contributed by atoms with Crippen LogP contribution in [0, 0.1) is 17.7 Å². The summed E-state index contributed by atoms with van der Waals surface area (Å²) in [5, 5.41) is 9.96. The summed E-state index contributed by atoms with van der Waals surface area (Å²) in [5.74, 6) is 6.02. The fourth-order valence-corrected chi connectivity index (χ4v) is 4.60. The fraction of sp³-hybridized carbons (Fsp3) is 0.417. The van der Waals surface area contributed by atoms with E-state index in [9.17, 15) is 9.50 Å². The number of rotatable bonds is 2. The van der Waals surface area contributed by atoms with Crippen LogP contribution in [0.15, 0.2) is 48.5 Å². The first-order chi connectivity index (χ1) is 13.7. The lowest BCUT2D eigenvalue weighted by molar-refractivity contribution is -0.0614. The van der Waals surface area contributed by atoms with Crippen LogP contribution in [-0.2, 0) is 0 Å². The summed E-state index contributed by atoms with van der Waals surface area (Å²) in [4.78, 5) is 4.89. The molecule has 146 valence electrons. The van der Waals surface area contributed by atoms with Crippen molar-refractivity contribution in [2.75, 3.05) is 33.3 Å². The molecule has 4 rings (SSSR count). The van der Waals surface area contributed by atoms with Crippen molar-refractivity contribution in [3.05, 3.63) is 71.0 Å². The Morgan fingerprint density at radius 1 is 1.04 bits per heavy atom. The lowest BCUT2D eigenvalue weighted by atomic mass is 9.74. The first-order valence-electron chi connectivity index (χ1n) is 10.1. The molecule has 2 aliphatic rings. The van der Waals surface area contributed by atoms with Crippen LogP contribution in [0.25, 0.3) is 0 Å². The number of benzene rings is 2. The summed E-state index contributed by atoms with van der Waals surface area (Å²) >= 11 is 0. The zero-order chi connectivity index (χ0) is 19.5. The average molecular weight is 378 g/mol. The molecule has 0 radical (unpaired) electrons. The summed E-state index contributed by atoms with van der Waals surface area (Å²) in [5.41, 5.74) is 2.54. The fourth-order valence-electron chi connectivity index (χ4n) is 4.60. The van der Waals surface area contributed by atoms with E-state index in [1.165, 1.54) is 24.5 Å². The molecule has 2 aromatic carbocycles. The van der Waals surface area contributed by atoms with Crippen molar-refractivity contribution in [2.45, 2.75) is 30.8 Å². The lowest BCUT2D eigenvalue weighted by Gasteiger charge is -2.57. The van der Waals surface area contributed by atoms with E-state index >= 15 is 0 Å². The predicted molar refractivity (Wildman–Crippen MR) is 110 cm³/mol. The third-order valence-electron chi connectivity index (χ3n) is 6.08. The van der Waals surface area contributed by atoms with Gasteiger partial charge in [0, 0.05) is 30.1 Å². The van der Waals surface area contributed by atoms with Crippen LogP contribution in [0.1, 0.15) is 35.4 Å². The SMILES string of the molecule is CN1CCCCN2[C@H](C1)[C@H](c1ccc(C#Cc3ccccc3F)cc1)[C@@H]2CO. The Morgan fingerprint density at radius 3 is 2.54 bits per heavy atom. The van der Waals surface area contributed by atoms with E-state index in [4.69, 9.17) is 0 Å². The highest BCUT2D eigenvalue weighted by Crippen LogP contribution is 2.41. The number of nitrogens with zero attached hydrogens (tertiary/aromatic N) is 2. The Labute approximate surface area is 166 Å². The highest BCUT2D eigenvalue weighted by atomic mass is 19.1. The van der Waals surface area contributed by atoms with Crippen molar-refractivity contribution in [3.8, 4) is 11.8 Å². The molecule has 0 spiro atoms. The van der Waals surface area contributed by atoms with E-state index in [0.29, 0.717) is 17.5 Å². The van der Waals surface area contributed by atoms with Gasteiger partial charge in [0.25, 0.3) is 0 Å². The van der Waals surface area contributed by atoms with Gasteiger partial charge in [0.2, 0.25) is 0 Å². The van der Waals surface area contributed by atoms with Gasteiger partial charge in [-0.25, -0.2) is 4.39 Å². The molecule has 2 heterocycles. The largest absolute Gasteiger partial charge is 0.395 e. The number of aliphatic hydroxyl groups is 1.